The summed E-state index contributed by atoms with van der Waals surface area (Å²) in [6.45, 7) is 0. The van der Waals surface area contributed by atoms with Gasteiger partial charge in [-0.25, -0.2) is 0 Å². The van der Waals surface area contributed by atoms with Crippen LogP contribution in [-0.4, -0.2) is 0 Å². The van der Waals surface area contributed by atoms with Crippen LogP contribution in [0.3, 0.4) is 0 Å². The van der Waals surface area contributed by atoms with Crippen molar-refractivity contribution in [3.63, 3.8) is 0 Å². The molecule has 1 aliphatic carbocycles. The van der Waals surface area contributed by atoms with Gasteiger partial charge in [0.1, 0.15) is 0 Å². The second-order valence-corrected chi connectivity index (χ2v) is 16.4. The summed E-state index contributed by atoms with van der Waals surface area (Å²) in [5.41, 5.74) is 21.1. The molecule has 2 nitrogen and oxygen atoms in total. The van der Waals surface area contributed by atoms with Gasteiger partial charge in [-0.05, 0) is 116 Å². The third kappa shape index (κ3) is 5.80. The van der Waals surface area contributed by atoms with Crippen LogP contribution in [0.2, 0.25) is 0 Å². The molecule has 63 heavy (non-hydrogen) atoms. The lowest BCUT2D eigenvalue weighted by molar-refractivity contribution is 0.752. The maximum absolute atomic E-state index is 2.48. The molecule has 0 unspecified atom stereocenters. The van der Waals surface area contributed by atoms with E-state index in [0.29, 0.717) is 0 Å². The van der Waals surface area contributed by atoms with Crippen molar-refractivity contribution in [2.75, 3.05) is 9.80 Å². The second-order valence-electron chi connectivity index (χ2n) is 16.4. The zero-order valence-corrected chi connectivity index (χ0v) is 34.6. The quantitative estimate of drug-likeness (QED) is 0.158. The van der Waals surface area contributed by atoms with E-state index >= 15 is 0 Å². The molecule has 2 heteroatoms. The molecular weight excluding hydrogens is 761 g/mol. The van der Waals surface area contributed by atoms with Crippen molar-refractivity contribution in [3.8, 4) is 44.5 Å². The first-order chi connectivity index (χ1) is 31.3. The molecule has 0 bridgehead atoms. The zero-order chi connectivity index (χ0) is 41.7. The highest BCUT2D eigenvalue weighted by atomic mass is 15.2. The van der Waals surface area contributed by atoms with Gasteiger partial charge in [0.15, 0.2) is 0 Å². The maximum atomic E-state index is 2.48. The highest BCUT2D eigenvalue weighted by Gasteiger charge is 2.52. The maximum Gasteiger partial charge on any atom is 0.0755 e. The van der Waals surface area contributed by atoms with Gasteiger partial charge >= 0.3 is 0 Å². The van der Waals surface area contributed by atoms with Crippen molar-refractivity contribution < 1.29 is 0 Å². The highest BCUT2D eigenvalue weighted by molar-refractivity contribution is 6.01. The molecule has 10 aromatic rings. The monoisotopic (exact) mass is 802 g/mol. The Morgan fingerprint density at radius 1 is 0.302 bits per heavy atom. The molecule has 10 aromatic carbocycles. The van der Waals surface area contributed by atoms with E-state index in [1.165, 1.54) is 78.1 Å². The Labute approximate surface area is 369 Å². The highest BCUT2D eigenvalue weighted by Crippen LogP contribution is 2.65. The average molecular weight is 803 g/mol. The first-order valence-electron chi connectivity index (χ1n) is 21.8. The third-order valence-corrected chi connectivity index (χ3v) is 13.1. The fraction of sp³-hybridized carbons (Fsp3) is 0.0164. The zero-order valence-electron chi connectivity index (χ0n) is 34.6. The Kier molecular flexibility index (Phi) is 8.76. The minimum Gasteiger partial charge on any atom is -0.310 e. The molecule has 12 rings (SSSR count). The number of fused-ring (bicyclic) bond motifs is 9. The molecule has 0 atom stereocenters. The minimum atomic E-state index is -0.570. The summed E-state index contributed by atoms with van der Waals surface area (Å²) in [5.74, 6) is 0. The van der Waals surface area contributed by atoms with Gasteiger partial charge in [0.25, 0.3) is 0 Å². The summed E-state index contributed by atoms with van der Waals surface area (Å²) < 4.78 is 0. The van der Waals surface area contributed by atoms with Gasteiger partial charge in [0, 0.05) is 22.6 Å². The lowest BCUT2D eigenvalue weighted by Gasteiger charge is -2.45. The Morgan fingerprint density at radius 3 is 1.44 bits per heavy atom. The molecule has 1 aliphatic heterocycles. The minimum absolute atomic E-state index is 0.570. The number of rotatable bonds is 7. The third-order valence-electron chi connectivity index (χ3n) is 13.1. The summed E-state index contributed by atoms with van der Waals surface area (Å²) in [4.78, 5) is 4.93. The van der Waals surface area contributed by atoms with Crippen LogP contribution in [0.15, 0.2) is 255 Å². The van der Waals surface area contributed by atoms with Gasteiger partial charge in [-0.15, -0.1) is 0 Å². The molecule has 2 aliphatic rings. The van der Waals surface area contributed by atoms with Crippen molar-refractivity contribution in [3.05, 3.63) is 277 Å². The van der Waals surface area contributed by atoms with E-state index in [9.17, 15) is 0 Å². The van der Waals surface area contributed by atoms with E-state index in [-0.39, 0.29) is 0 Å². The van der Waals surface area contributed by atoms with E-state index < -0.39 is 5.41 Å². The van der Waals surface area contributed by atoms with Crippen molar-refractivity contribution in [2.24, 2.45) is 0 Å². The van der Waals surface area contributed by atoms with E-state index in [0.717, 1.165) is 22.7 Å². The Bertz CT molecular complexity index is 3230. The largest absolute Gasteiger partial charge is 0.310 e. The molecule has 1 spiro atoms. The van der Waals surface area contributed by atoms with Gasteiger partial charge in [0.05, 0.1) is 22.5 Å². The first-order valence-corrected chi connectivity index (χ1v) is 21.8. The standard InChI is InChI=1S/C61H42N2/c1-4-20-43(21-5-1)44-38-40-48(41-39-44)62(49-27-18-24-46(42-49)51-29-11-10-28-50(51)45-22-6-2-7-23-45)59-37-19-34-56-60(59)52-30-12-13-31-53(52)61(56)54-32-14-16-35-57(54)63(47-25-8-3-9-26-47)58-36-17-15-33-55(58)61/h1-42H. The summed E-state index contributed by atoms with van der Waals surface area (Å²) in [7, 11) is 0. The molecule has 0 N–H and O–H groups in total. The summed E-state index contributed by atoms with van der Waals surface area (Å²) >= 11 is 0. The van der Waals surface area contributed by atoms with Crippen LogP contribution in [0, 0.1) is 0 Å². The fourth-order valence-electron chi connectivity index (χ4n) is 10.5. The predicted molar refractivity (Wildman–Crippen MR) is 263 cm³/mol. The van der Waals surface area contributed by atoms with Crippen LogP contribution >= 0.6 is 0 Å². The van der Waals surface area contributed by atoms with Crippen LogP contribution in [0.5, 0.6) is 0 Å². The first kappa shape index (κ1) is 36.6. The van der Waals surface area contributed by atoms with Gasteiger partial charge in [-0.3, -0.25) is 0 Å². The molecule has 0 fully saturated rings. The SMILES string of the molecule is c1ccc(-c2ccc(N(c3cccc(-c4ccccc4-c4ccccc4)c3)c3cccc4c3-c3ccccc3C43c4ccccc4N(c4ccccc4)c4ccccc43)cc2)cc1. The number of hydrogen-bond donors (Lipinski definition) is 0. The lowest BCUT2D eigenvalue weighted by Crippen LogP contribution is -2.36. The summed E-state index contributed by atoms with van der Waals surface area (Å²) in [6.07, 6.45) is 0. The number of benzene rings is 10. The van der Waals surface area contributed by atoms with Crippen molar-refractivity contribution in [1.82, 2.24) is 0 Å². The molecule has 0 saturated carbocycles. The van der Waals surface area contributed by atoms with Gasteiger partial charge < -0.3 is 9.80 Å². The van der Waals surface area contributed by atoms with E-state index in [1.54, 1.807) is 0 Å². The normalized spacial score (nSPS) is 12.9. The smallest absolute Gasteiger partial charge is 0.0755 e. The van der Waals surface area contributed by atoms with Crippen LogP contribution in [0.25, 0.3) is 44.5 Å². The Morgan fingerprint density at radius 2 is 0.778 bits per heavy atom. The van der Waals surface area contributed by atoms with Crippen molar-refractivity contribution in [2.45, 2.75) is 5.41 Å². The van der Waals surface area contributed by atoms with Crippen molar-refractivity contribution >= 4 is 34.1 Å². The van der Waals surface area contributed by atoms with Gasteiger partial charge in [0.2, 0.25) is 0 Å². The molecule has 1 heterocycles. The van der Waals surface area contributed by atoms with Gasteiger partial charge in [-0.1, -0.05) is 200 Å². The van der Waals surface area contributed by atoms with Crippen molar-refractivity contribution in [1.29, 1.82) is 0 Å². The summed E-state index contributed by atoms with van der Waals surface area (Å²) in [5, 5.41) is 0. The van der Waals surface area contributed by atoms with Crippen LogP contribution < -0.4 is 9.80 Å². The molecular formula is C61H42N2. The topological polar surface area (TPSA) is 6.48 Å². The fourth-order valence-corrected chi connectivity index (χ4v) is 10.5. The number of anilines is 6. The number of nitrogens with zero attached hydrogens (tertiary/aromatic N) is 2. The van der Waals surface area contributed by atoms with Crippen LogP contribution in [-0.2, 0) is 5.41 Å². The molecule has 296 valence electrons. The van der Waals surface area contributed by atoms with Crippen LogP contribution in [0.4, 0.5) is 34.1 Å². The second kappa shape index (κ2) is 15.1. The van der Waals surface area contributed by atoms with Gasteiger partial charge in [-0.2, -0.15) is 0 Å². The molecule has 0 aromatic heterocycles. The van der Waals surface area contributed by atoms with E-state index in [2.05, 4.69) is 265 Å². The Balaban J connectivity index is 1.11. The summed E-state index contributed by atoms with van der Waals surface area (Å²) in [6, 6.07) is 93.3. The lowest BCUT2D eigenvalue weighted by atomic mass is 9.64. The molecule has 0 amide bonds. The van der Waals surface area contributed by atoms with E-state index in [1.807, 2.05) is 0 Å². The van der Waals surface area contributed by atoms with Crippen LogP contribution in [0.1, 0.15) is 22.3 Å². The molecule has 0 saturated heterocycles. The van der Waals surface area contributed by atoms with E-state index in [4.69, 9.17) is 0 Å². The molecule has 0 radical (unpaired) electrons. The predicted octanol–water partition coefficient (Wildman–Crippen LogP) is 16.3. The average Bonchev–Trinajstić information content (AvgIpc) is 3.66. The Hall–Kier alpha value is -8.20. The number of para-hydroxylation sites is 3. The number of hydrogen-bond acceptors (Lipinski definition) is 2.